The summed E-state index contributed by atoms with van der Waals surface area (Å²) in [5, 5.41) is 2.73. The summed E-state index contributed by atoms with van der Waals surface area (Å²) in [7, 11) is 0. The Hall–Kier alpha value is -1.57. The van der Waals surface area contributed by atoms with Gasteiger partial charge in [-0.2, -0.15) is 0 Å². The van der Waals surface area contributed by atoms with E-state index in [0.717, 1.165) is 4.90 Å². The molecule has 1 aliphatic rings. The summed E-state index contributed by atoms with van der Waals surface area (Å²) in [5.74, 6) is 4.89. The molecule has 2 amide bonds. The smallest absolute Gasteiger partial charge is 0.255 e. The summed E-state index contributed by atoms with van der Waals surface area (Å²) in [5.41, 5.74) is 8.99. The van der Waals surface area contributed by atoms with Crippen molar-refractivity contribution in [2.75, 3.05) is 11.1 Å². The number of hydrogen-bond acceptors (Lipinski definition) is 5. The van der Waals surface area contributed by atoms with Crippen molar-refractivity contribution in [3.8, 4) is 0 Å². The highest BCUT2D eigenvalue weighted by atomic mass is 32.2. The number of carbonyl (C=O) groups is 2. The first-order valence-corrected chi connectivity index (χ1v) is 5.93. The van der Waals surface area contributed by atoms with Crippen molar-refractivity contribution < 1.29 is 9.59 Å². The highest BCUT2D eigenvalue weighted by Crippen LogP contribution is 2.32. The van der Waals surface area contributed by atoms with Gasteiger partial charge >= 0.3 is 0 Å². The highest BCUT2D eigenvalue weighted by molar-refractivity contribution is 8.00. The van der Waals surface area contributed by atoms with E-state index in [1.54, 1.807) is 12.1 Å². The molecule has 2 rings (SSSR count). The summed E-state index contributed by atoms with van der Waals surface area (Å²) < 4.78 is 0. The van der Waals surface area contributed by atoms with Crippen LogP contribution in [0.2, 0.25) is 0 Å². The molecule has 1 atom stereocenters. The van der Waals surface area contributed by atoms with Gasteiger partial charge in [0.2, 0.25) is 5.91 Å². The van der Waals surface area contributed by atoms with Gasteiger partial charge in [0, 0.05) is 4.90 Å². The first-order valence-electron chi connectivity index (χ1n) is 4.94. The molecule has 1 aromatic carbocycles. The lowest BCUT2D eigenvalue weighted by atomic mass is 10.1. The number of nitrogens with two attached hydrogens (primary N) is 2. The molecule has 0 aliphatic carbocycles. The van der Waals surface area contributed by atoms with Gasteiger partial charge in [0.1, 0.15) is 6.04 Å². The maximum Gasteiger partial charge on any atom is 0.255 e. The molecule has 17 heavy (non-hydrogen) atoms. The van der Waals surface area contributed by atoms with E-state index in [4.69, 9.17) is 11.6 Å². The summed E-state index contributed by atoms with van der Waals surface area (Å²) >= 11 is 1.45. The molecule has 0 saturated heterocycles. The molecule has 0 saturated carbocycles. The van der Waals surface area contributed by atoms with Gasteiger partial charge in [-0.15, -0.1) is 11.8 Å². The Morgan fingerprint density at radius 1 is 1.53 bits per heavy atom. The average molecular weight is 252 g/mol. The van der Waals surface area contributed by atoms with E-state index in [0.29, 0.717) is 17.0 Å². The number of thioether (sulfide) groups is 1. The second kappa shape index (κ2) is 4.74. The molecule has 1 aromatic rings. The Labute approximate surface area is 102 Å². The van der Waals surface area contributed by atoms with Crippen molar-refractivity contribution in [3.05, 3.63) is 23.8 Å². The number of anilines is 1. The van der Waals surface area contributed by atoms with Crippen LogP contribution in [0.5, 0.6) is 0 Å². The van der Waals surface area contributed by atoms with E-state index in [1.807, 2.05) is 11.5 Å². The van der Waals surface area contributed by atoms with Crippen LogP contribution in [-0.2, 0) is 9.59 Å². The number of carbonyl (C=O) groups excluding carboxylic acids is 2. The Kier molecular flexibility index (Phi) is 3.32. The molecule has 0 bridgehead atoms. The Bertz CT molecular complexity index is 477. The maximum atomic E-state index is 11.3. The molecule has 7 heteroatoms. The van der Waals surface area contributed by atoms with Crippen LogP contribution in [0.1, 0.15) is 11.6 Å². The monoisotopic (exact) mass is 252 g/mol. The van der Waals surface area contributed by atoms with Gasteiger partial charge in [0.25, 0.3) is 5.91 Å². The maximum absolute atomic E-state index is 11.3. The second-order valence-electron chi connectivity index (χ2n) is 3.58. The fourth-order valence-electron chi connectivity index (χ4n) is 1.54. The van der Waals surface area contributed by atoms with Gasteiger partial charge in [-0.3, -0.25) is 15.0 Å². The Morgan fingerprint density at radius 2 is 2.29 bits per heavy atom. The third kappa shape index (κ3) is 2.41. The first kappa shape index (κ1) is 11.9. The highest BCUT2D eigenvalue weighted by Gasteiger charge is 2.19. The standard InChI is InChI=1S/C10H12N4O2S/c11-9(10(16)14-12)5-1-2-7-6(3-5)13-8(15)4-17-7/h1-3,9H,4,11-12H2,(H,13,15)(H,14,16). The van der Waals surface area contributed by atoms with Crippen LogP contribution in [0.3, 0.4) is 0 Å². The van der Waals surface area contributed by atoms with Crippen molar-refractivity contribution in [1.82, 2.24) is 5.43 Å². The van der Waals surface area contributed by atoms with Crippen molar-refractivity contribution >= 4 is 29.3 Å². The van der Waals surface area contributed by atoms with Crippen LogP contribution >= 0.6 is 11.8 Å². The number of fused-ring (bicyclic) bond motifs is 1. The molecule has 0 fully saturated rings. The largest absolute Gasteiger partial charge is 0.324 e. The summed E-state index contributed by atoms with van der Waals surface area (Å²) in [6, 6.07) is 4.44. The van der Waals surface area contributed by atoms with E-state index in [-0.39, 0.29) is 5.91 Å². The zero-order valence-corrected chi connectivity index (χ0v) is 9.71. The fraction of sp³-hybridized carbons (Fsp3) is 0.200. The van der Waals surface area contributed by atoms with E-state index in [2.05, 4.69) is 5.32 Å². The minimum Gasteiger partial charge on any atom is -0.324 e. The zero-order valence-electron chi connectivity index (χ0n) is 8.90. The summed E-state index contributed by atoms with van der Waals surface area (Å²) in [6.07, 6.45) is 0. The van der Waals surface area contributed by atoms with Crippen LogP contribution in [-0.4, -0.2) is 17.6 Å². The lowest BCUT2D eigenvalue weighted by Crippen LogP contribution is -2.38. The minimum absolute atomic E-state index is 0.0588. The SMILES string of the molecule is NNC(=O)C(N)c1ccc2c(c1)NC(=O)CS2. The molecule has 90 valence electrons. The lowest BCUT2D eigenvalue weighted by molar-refractivity contribution is -0.122. The zero-order chi connectivity index (χ0) is 12.4. The van der Waals surface area contributed by atoms with Crippen LogP contribution in [0.15, 0.2) is 23.1 Å². The van der Waals surface area contributed by atoms with Crippen molar-refractivity contribution in [2.45, 2.75) is 10.9 Å². The number of nitrogens with one attached hydrogen (secondary N) is 2. The predicted octanol–water partition coefficient (Wildman–Crippen LogP) is -0.279. The Morgan fingerprint density at radius 3 is 3.00 bits per heavy atom. The molecule has 0 radical (unpaired) electrons. The predicted molar refractivity (Wildman–Crippen MR) is 65.1 cm³/mol. The van der Waals surface area contributed by atoms with Crippen LogP contribution in [0.25, 0.3) is 0 Å². The molecular weight excluding hydrogens is 240 g/mol. The van der Waals surface area contributed by atoms with Crippen molar-refractivity contribution in [1.29, 1.82) is 0 Å². The molecule has 0 aromatic heterocycles. The molecule has 1 heterocycles. The number of hydrogen-bond donors (Lipinski definition) is 4. The van der Waals surface area contributed by atoms with E-state index in [9.17, 15) is 9.59 Å². The number of hydrazine groups is 1. The number of amides is 2. The lowest BCUT2D eigenvalue weighted by Gasteiger charge is -2.18. The average Bonchev–Trinajstić information content (AvgIpc) is 2.36. The molecule has 6 nitrogen and oxygen atoms in total. The third-order valence-electron chi connectivity index (χ3n) is 2.42. The normalized spacial score (nSPS) is 15.8. The fourth-order valence-corrected chi connectivity index (χ4v) is 2.32. The van der Waals surface area contributed by atoms with Crippen LogP contribution < -0.4 is 22.3 Å². The van der Waals surface area contributed by atoms with Gasteiger partial charge in [-0.05, 0) is 17.7 Å². The van der Waals surface area contributed by atoms with Crippen LogP contribution in [0.4, 0.5) is 5.69 Å². The van der Waals surface area contributed by atoms with Gasteiger partial charge in [-0.25, -0.2) is 5.84 Å². The number of benzene rings is 1. The van der Waals surface area contributed by atoms with Gasteiger partial charge in [0.15, 0.2) is 0 Å². The van der Waals surface area contributed by atoms with Crippen LogP contribution in [0, 0.1) is 0 Å². The molecule has 1 aliphatic heterocycles. The molecular formula is C10H12N4O2S. The van der Waals surface area contributed by atoms with Gasteiger partial charge < -0.3 is 11.1 Å². The van der Waals surface area contributed by atoms with Gasteiger partial charge in [-0.1, -0.05) is 6.07 Å². The van der Waals surface area contributed by atoms with E-state index in [1.165, 1.54) is 11.8 Å². The quantitative estimate of drug-likeness (QED) is 0.329. The summed E-state index contributed by atoms with van der Waals surface area (Å²) in [6.45, 7) is 0. The van der Waals surface area contributed by atoms with Crippen molar-refractivity contribution in [2.24, 2.45) is 11.6 Å². The Balaban J connectivity index is 2.29. The molecule has 0 spiro atoms. The second-order valence-corrected chi connectivity index (χ2v) is 4.60. The van der Waals surface area contributed by atoms with Gasteiger partial charge in [0.05, 0.1) is 11.4 Å². The summed E-state index contributed by atoms with van der Waals surface area (Å²) in [4.78, 5) is 23.5. The van der Waals surface area contributed by atoms with Crippen molar-refractivity contribution in [3.63, 3.8) is 0 Å². The topological polar surface area (TPSA) is 110 Å². The first-order chi connectivity index (χ1) is 8.11. The minimum atomic E-state index is -0.839. The van der Waals surface area contributed by atoms with E-state index >= 15 is 0 Å². The molecule has 6 N–H and O–H groups in total. The van der Waals surface area contributed by atoms with E-state index < -0.39 is 11.9 Å². The number of rotatable bonds is 2. The molecule has 1 unspecified atom stereocenters. The third-order valence-corrected chi connectivity index (χ3v) is 3.49.